The molecule has 0 atom stereocenters. The van der Waals surface area contributed by atoms with Gasteiger partial charge in [-0.25, -0.2) is 0 Å². The molecule has 1 N–H and O–H groups in total. The molecular weight excluding hydrogens is 393 g/mol. The van der Waals surface area contributed by atoms with Crippen LogP contribution in [0.1, 0.15) is 5.56 Å². The summed E-state index contributed by atoms with van der Waals surface area (Å²) in [5.41, 5.74) is 2.04. The highest BCUT2D eigenvalue weighted by Gasteiger charge is 2.09. The van der Waals surface area contributed by atoms with Crippen molar-refractivity contribution in [2.24, 2.45) is 0 Å². The predicted molar refractivity (Wildman–Crippen MR) is 87.2 cm³/mol. The summed E-state index contributed by atoms with van der Waals surface area (Å²) in [6.45, 7) is 0.654. The lowest BCUT2D eigenvalue weighted by molar-refractivity contribution is 0.407. The van der Waals surface area contributed by atoms with Crippen molar-refractivity contribution in [1.82, 2.24) is 0 Å². The molecule has 0 amide bonds. The molecule has 0 radical (unpaired) electrons. The van der Waals surface area contributed by atoms with Gasteiger partial charge in [0.15, 0.2) is 0 Å². The van der Waals surface area contributed by atoms with E-state index in [0.29, 0.717) is 11.6 Å². The van der Waals surface area contributed by atoms with Crippen molar-refractivity contribution in [2.45, 2.75) is 6.54 Å². The summed E-state index contributed by atoms with van der Waals surface area (Å²) in [4.78, 5) is 0. The predicted octanol–water partition coefficient (Wildman–Crippen LogP) is 5.49. The van der Waals surface area contributed by atoms with Crippen molar-refractivity contribution < 1.29 is 4.74 Å². The fourth-order valence-electron chi connectivity index (χ4n) is 1.77. The van der Waals surface area contributed by atoms with Gasteiger partial charge in [0.25, 0.3) is 0 Å². The van der Waals surface area contributed by atoms with Crippen LogP contribution in [0.15, 0.2) is 45.3 Å². The molecular formula is C14H12Br2ClNO. The van der Waals surface area contributed by atoms with Gasteiger partial charge in [0.05, 0.1) is 11.6 Å². The van der Waals surface area contributed by atoms with Crippen LogP contribution in [0.2, 0.25) is 5.02 Å². The van der Waals surface area contributed by atoms with E-state index < -0.39 is 0 Å². The van der Waals surface area contributed by atoms with Gasteiger partial charge in [-0.2, -0.15) is 0 Å². The molecule has 0 saturated carbocycles. The Morgan fingerprint density at radius 1 is 1.21 bits per heavy atom. The van der Waals surface area contributed by atoms with Crippen molar-refractivity contribution in [3.05, 3.63) is 55.9 Å². The smallest absolute Gasteiger partial charge is 0.138 e. The number of benzene rings is 2. The molecule has 2 aromatic carbocycles. The summed E-state index contributed by atoms with van der Waals surface area (Å²) in [7, 11) is 1.66. The van der Waals surface area contributed by atoms with Crippen molar-refractivity contribution in [1.29, 1.82) is 0 Å². The highest BCUT2D eigenvalue weighted by atomic mass is 79.9. The van der Waals surface area contributed by atoms with E-state index in [4.69, 9.17) is 16.3 Å². The minimum Gasteiger partial charge on any atom is -0.495 e. The third-order valence-electron chi connectivity index (χ3n) is 2.60. The van der Waals surface area contributed by atoms with E-state index in [1.54, 1.807) is 7.11 Å². The van der Waals surface area contributed by atoms with Gasteiger partial charge in [-0.1, -0.05) is 33.6 Å². The van der Waals surface area contributed by atoms with Crippen LogP contribution in [0.5, 0.6) is 5.75 Å². The van der Waals surface area contributed by atoms with Crippen molar-refractivity contribution in [2.75, 3.05) is 12.4 Å². The van der Waals surface area contributed by atoms with E-state index >= 15 is 0 Å². The highest BCUT2D eigenvalue weighted by Crippen LogP contribution is 2.33. The summed E-state index contributed by atoms with van der Waals surface area (Å²) >= 11 is 12.9. The van der Waals surface area contributed by atoms with Crippen LogP contribution in [-0.4, -0.2) is 7.11 Å². The largest absolute Gasteiger partial charge is 0.495 e. The van der Waals surface area contributed by atoms with Crippen LogP contribution >= 0.6 is 43.5 Å². The average Bonchev–Trinajstić information content (AvgIpc) is 2.36. The molecule has 0 aliphatic heterocycles. The number of rotatable bonds is 4. The Morgan fingerprint density at radius 3 is 2.68 bits per heavy atom. The zero-order valence-electron chi connectivity index (χ0n) is 10.2. The first-order valence-corrected chi connectivity index (χ1v) is 7.58. The monoisotopic (exact) mass is 403 g/mol. The number of anilines is 1. The first kappa shape index (κ1) is 14.7. The van der Waals surface area contributed by atoms with E-state index in [-0.39, 0.29) is 0 Å². The number of methoxy groups -OCH3 is 1. The quantitative estimate of drug-likeness (QED) is 0.727. The van der Waals surface area contributed by atoms with E-state index in [2.05, 4.69) is 37.2 Å². The molecule has 2 rings (SSSR count). The lowest BCUT2D eigenvalue weighted by Gasteiger charge is -2.13. The van der Waals surface area contributed by atoms with E-state index in [0.717, 1.165) is 25.9 Å². The number of hydrogen-bond donors (Lipinski definition) is 1. The minimum atomic E-state index is 0.654. The lowest BCUT2D eigenvalue weighted by Crippen LogP contribution is -2.02. The van der Waals surface area contributed by atoms with Crippen LogP contribution in [0.25, 0.3) is 0 Å². The molecule has 19 heavy (non-hydrogen) atoms. The number of nitrogens with one attached hydrogen (secondary N) is 1. The summed E-state index contributed by atoms with van der Waals surface area (Å²) in [6, 6.07) is 11.6. The first-order chi connectivity index (χ1) is 9.10. The van der Waals surface area contributed by atoms with Crippen LogP contribution in [0, 0.1) is 0 Å². The summed E-state index contributed by atoms with van der Waals surface area (Å²) < 4.78 is 7.34. The topological polar surface area (TPSA) is 21.3 Å². The Bertz CT molecular complexity index is 590. The van der Waals surface area contributed by atoms with Crippen molar-refractivity contribution in [3.63, 3.8) is 0 Å². The van der Waals surface area contributed by atoms with Gasteiger partial charge < -0.3 is 10.1 Å². The Kier molecular flexibility index (Phi) is 5.13. The Labute approximate surface area is 134 Å². The molecule has 0 unspecified atom stereocenters. The van der Waals surface area contributed by atoms with Crippen LogP contribution in [-0.2, 0) is 6.54 Å². The summed E-state index contributed by atoms with van der Waals surface area (Å²) in [5, 5.41) is 4.04. The van der Waals surface area contributed by atoms with Crippen molar-refractivity contribution >= 4 is 49.1 Å². The third kappa shape index (κ3) is 3.88. The second kappa shape index (κ2) is 6.64. The molecule has 2 aromatic rings. The zero-order chi connectivity index (χ0) is 13.8. The van der Waals surface area contributed by atoms with E-state index in [1.807, 2.05) is 36.4 Å². The Morgan fingerprint density at radius 2 is 2.00 bits per heavy atom. The van der Waals surface area contributed by atoms with Crippen LogP contribution in [0.3, 0.4) is 0 Å². The zero-order valence-corrected chi connectivity index (χ0v) is 14.1. The van der Waals surface area contributed by atoms with Gasteiger partial charge >= 0.3 is 0 Å². The van der Waals surface area contributed by atoms with Crippen molar-refractivity contribution in [3.8, 4) is 5.75 Å². The normalized spacial score (nSPS) is 10.3. The molecule has 0 heterocycles. The maximum atomic E-state index is 5.96. The highest BCUT2D eigenvalue weighted by molar-refractivity contribution is 9.11. The van der Waals surface area contributed by atoms with Gasteiger partial charge in [0.1, 0.15) is 5.75 Å². The molecule has 5 heteroatoms. The maximum Gasteiger partial charge on any atom is 0.138 e. The number of hydrogen-bond acceptors (Lipinski definition) is 2. The molecule has 0 spiro atoms. The Hall–Kier alpha value is -0.710. The van der Waals surface area contributed by atoms with Gasteiger partial charge in [0, 0.05) is 27.3 Å². The van der Waals surface area contributed by atoms with E-state index in [1.165, 1.54) is 0 Å². The minimum absolute atomic E-state index is 0.654. The van der Waals surface area contributed by atoms with Crippen LogP contribution < -0.4 is 10.1 Å². The second-order valence-corrected chi connectivity index (χ2v) is 6.15. The maximum absolute atomic E-state index is 5.96. The standard InChI is InChI=1S/C14H12Br2ClNO/c1-19-14-9(5-10(15)6-13(14)16)8-18-12-4-2-3-11(17)7-12/h2-7,18H,8H2,1H3. The fraction of sp³-hybridized carbons (Fsp3) is 0.143. The average molecular weight is 406 g/mol. The molecule has 0 fully saturated rings. The molecule has 0 bridgehead atoms. The molecule has 0 aromatic heterocycles. The van der Waals surface area contributed by atoms with Gasteiger partial charge in [-0.15, -0.1) is 0 Å². The second-order valence-electron chi connectivity index (χ2n) is 3.94. The molecule has 0 saturated heterocycles. The molecule has 0 aliphatic carbocycles. The molecule has 0 aliphatic rings. The fourth-order valence-corrected chi connectivity index (χ4v) is 3.44. The third-order valence-corrected chi connectivity index (χ3v) is 3.88. The van der Waals surface area contributed by atoms with Gasteiger partial charge in [0.2, 0.25) is 0 Å². The molecule has 100 valence electrons. The van der Waals surface area contributed by atoms with Crippen LogP contribution in [0.4, 0.5) is 5.69 Å². The lowest BCUT2D eigenvalue weighted by atomic mass is 10.2. The number of halogens is 3. The first-order valence-electron chi connectivity index (χ1n) is 5.61. The summed E-state index contributed by atoms with van der Waals surface area (Å²) in [5.74, 6) is 0.831. The van der Waals surface area contributed by atoms with Gasteiger partial charge in [-0.3, -0.25) is 0 Å². The van der Waals surface area contributed by atoms with Gasteiger partial charge in [-0.05, 0) is 46.3 Å². The Balaban J connectivity index is 2.19. The number of ether oxygens (including phenoxy) is 1. The SMILES string of the molecule is COc1c(Br)cc(Br)cc1CNc1cccc(Cl)c1. The van der Waals surface area contributed by atoms with E-state index in [9.17, 15) is 0 Å². The molecule has 2 nitrogen and oxygen atoms in total. The summed E-state index contributed by atoms with van der Waals surface area (Å²) in [6.07, 6.45) is 0.